The van der Waals surface area contributed by atoms with E-state index in [2.05, 4.69) is 29.0 Å². The van der Waals surface area contributed by atoms with Crippen molar-refractivity contribution in [1.29, 1.82) is 0 Å². The van der Waals surface area contributed by atoms with Crippen molar-refractivity contribution in [1.82, 2.24) is 15.2 Å². The average molecular weight is 173 g/mol. The molecular weight excluding hydrogens is 162 g/mol. The van der Waals surface area contributed by atoms with E-state index in [4.69, 9.17) is 0 Å². The Bertz CT molecular complexity index is 423. The number of hydrogen-bond donors (Lipinski definition) is 0. The lowest BCUT2D eigenvalue weighted by molar-refractivity contribution is 0.860. The van der Waals surface area contributed by atoms with Crippen LogP contribution in [0.5, 0.6) is 0 Å². The first kappa shape index (κ1) is 8.10. The van der Waals surface area contributed by atoms with Crippen LogP contribution in [-0.2, 0) is 0 Å². The van der Waals surface area contributed by atoms with Crippen molar-refractivity contribution in [3.63, 3.8) is 0 Å². The molecular formula is C10H11N3. The molecule has 66 valence electrons. The molecule has 0 amide bonds. The normalized spacial score (nSPS) is 11.0. The summed E-state index contributed by atoms with van der Waals surface area (Å²) >= 11 is 0. The molecule has 2 heterocycles. The lowest BCUT2D eigenvalue weighted by Gasteiger charge is -2.04. The van der Waals surface area contributed by atoms with E-state index in [9.17, 15) is 0 Å². The van der Waals surface area contributed by atoms with Gasteiger partial charge in [-0.1, -0.05) is 13.8 Å². The van der Waals surface area contributed by atoms with Gasteiger partial charge in [-0.2, -0.15) is 5.10 Å². The highest BCUT2D eigenvalue weighted by molar-refractivity contribution is 5.73. The van der Waals surface area contributed by atoms with Gasteiger partial charge in [-0.3, -0.25) is 4.98 Å². The Morgan fingerprint density at radius 1 is 1.23 bits per heavy atom. The first-order chi connectivity index (χ1) is 6.27. The van der Waals surface area contributed by atoms with Gasteiger partial charge >= 0.3 is 0 Å². The van der Waals surface area contributed by atoms with Gasteiger partial charge in [-0.25, -0.2) is 0 Å². The predicted molar refractivity (Wildman–Crippen MR) is 51.4 cm³/mol. The third-order valence-electron chi connectivity index (χ3n) is 2.05. The topological polar surface area (TPSA) is 38.7 Å². The summed E-state index contributed by atoms with van der Waals surface area (Å²) in [5, 5.41) is 7.84. The number of aromatic nitrogens is 3. The van der Waals surface area contributed by atoms with Crippen LogP contribution in [0.1, 0.15) is 25.3 Å². The summed E-state index contributed by atoms with van der Waals surface area (Å²) < 4.78 is 0. The molecule has 0 aliphatic rings. The standard InChI is InChI=1S/C10H11N3/c1-7(2)8-5-10-9(11-6-8)3-4-12-13-10/h3-7H,1-2H3. The molecule has 0 radical (unpaired) electrons. The highest BCUT2D eigenvalue weighted by Crippen LogP contribution is 2.16. The third kappa shape index (κ3) is 1.49. The fourth-order valence-electron chi connectivity index (χ4n) is 1.20. The quantitative estimate of drug-likeness (QED) is 0.663. The van der Waals surface area contributed by atoms with Crippen LogP contribution >= 0.6 is 0 Å². The number of nitrogens with zero attached hydrogens (tertiary/aromatic N) is 3. The maximum absolute atomic E-state index is 4.30. The summed E-state index contributed by atoms with van der Waals surface area (Å²) in [5.41, 5.74) is 2.97. The van der Waals surface area contributed by atoms with Gasteiger partial charge in [0, 0.05) is 6.20 Å². The fourth-order valence-corrected chi connectivity index (χ4v) is 1.20. The third-order valence-corrected chi connectivity index (χ3v) is 2.05. The zero-order valence-corrected chi connectivity index (χ0v) is 7.73. The molecule has 0 atom stereocenters. The SMILES string of the molecule is CC(C)c1cnc2ccnnc2c1. The van der Waals surface area contributed by atoms with E-state index in [1.54, 1.807) is 6.20 Å². The Morgan fingerprint density at radius 2 is 2.08 bits per heavy atom. The van der Waals surface area contributed by atoms with Crippen LogP contribution < -0.4 is 0 Å². The van der Waals surface area contributed by atoms with Crippen LogP contribution in [0.3, 0.4) is 0 Å². The molecule has 3 heteroatoms. The summed E-state index contributed by atoms with van der Waals surface area (Å²) in [5.74, 6) is 0.485. The van der Waals surface area contributed by atoms with E-state index in [0.29, 0.717) is 5.92 Å². The molecule has 0 bridgehead atoms. The first-order valence-electron chi connectivity index (χ1n) is 4.35. The van der Waals surface area contributed by atoms with E-state index in [0.717, 1.165) is 11.0 Å². The van der Waals surface area contributed by atoms with Gasteiger partial charge < -0.3 is 0 Å². The molecule has 0 aliphatic carbocycles. The smallest absolute Gasteiger partial charge is 0.112 e. The number of hydrogen-bond acceptors (Lipinski definition) is 3. The van der Waals surface area contributed by atoms with E-state index in [-0.39, 0.29) is 0 Å². The Kier molecular flexibility index (Phi) is 1.93. The van der Waals surface area contributed by atoms with Crippen LogP contribution in [-0.4, -0.2) is 15.2 Å². The Labute approximate surface area is 76.8 Å². The summed E-state index contributed by atoms with van der Waals surface area (Å²) in [4.78, 5) is 4.30. The van der Waals surface area contributed by atoms with Crippen LogP contribution in [0.15, 0.2) is 24.5 Å². The molecule has 0 N–H and O–H groups in total. The lowest BCUT2D eigenvalue weighted by Crippen LogP contribution is -1.91. The number of rotatable bonds is 1. The second-order valence-electron chi connectivity index (χ2n) is 3.36. The van der Waals surface area contributed by atoms with Crippen LogP contribution in [0.25, 0.3) is 11.0 Å². The summed E-state index contributed by atoms with van der Waals surface area (Å²) in [6.45, 7) is 4.28. The average Bonchev–Trinajstić information content (AvgIpc) is 2.17. The highest BCUT2D eigenvalue weighted by Gasteiger charge is 2.01. The monoisotopic (exact) mass is 173 g/mol. The van der Waals surface area contributed by atoms with E-state index in [1.165, 1.54) is 5.56 Å². The molecule has 0 saturated heterocycles. The van der Waals surface area contributed by atoms with Gasteiger partial charge in [-0.05, 0) is 23.6 Å². The van der Waals surface area contributed by atoms with Gasteiger partial charge in [-0.15, -0.1) is 5.10 Å². The molecule has 0 aromatic carbocycles. The van der Waals surface area contributed by atoms with E-state index >= 15 is 0 Å². The fraction of sp³-hybridized carbons (Fsp3) is 0.300. The van der Waals surface area contributed by atoms with Crippen molar-refractivity contribution in [3.05, 3.63) is 30.1 Å². The molecule has 3 nitrogen and oxygen atoms in total. The number of fused-ring (bicyclic) bond motifs is 1. The van der Waals surface area contributed by atoms with Crippen molar-refractivity contribution < 1.29 is 0 Å². The maximum atomic E-state index is 4.30. The summed E-state index contributed by atoms with van der Waals surface area (Å²) in [6.07, 6.45) is 3.55. The van der Waals surface area contributed by atoms with Crippen molar-refractivity contribution in [3.8, 4) is 0 Å². The molecule has 0 fully saturated rings. The molecule has 0 spiro atoms. The second-order valence-corrected chi connectivity index (χ2v) is 3.36. The van der Waals surface area contributed by atoms with Gasteiger partial charge in [0.2, 0.25) is 0 Å². The summed E-state index contributed by atoms with van der Waals surface area (Å²) in [7, 11) is 0. The van der Waals surface area contributed by atoms with Gasteiger partial charge in [0.1, 0.15) is 5.52 Å². The Hall–Kier alpha value is -1.51. The molecule has 13 heavy (non-hydrogen) atoms. The van der Waals surface area contributed by atoms with Gasteiger partial charge in [0.25, 0.3) is 0 Å². The second kappa shape index (κ2) is 3.09. The Balaban J connectivity index is 2.62. The first-order valence-corrected chi connectivity index (χ1v) is 4.35. The van der Waals surface area contributed by atoms with Crippen LogP contribution in [0, 0.1) is 0 Å². The van der Waals surface area contributed by atoms with E-state index < -0.39 is 0 Å². The van der Waals surface area contributed by atoms with Crippen LogP contribution in [0.4, 0.5) is 0 Å². The molecule has 2 aromatic heterocycles. The minimum absolute atomic E-state index is 0.485. The highest BCUT2D eigenvalue weighted by atomic mass is 15.1. The van der Waals surface area contributed by atoms with Crippen molar-refractivity contribution in [2.75, 3.05) is 0 Å². The number of pyridine rings is 1. The van der Waals surface area contributed by atoms with Crippen molar-refractivity contribution in [2.24, 2.45) is 0 Å². The maximum Gasteiger partial charge on any atom is 0.112 e. The molecule has 2 aromatic rings. The van der Waals surface area contributed by atoms with E-state index in [1.807, 2.05) is 18.3 Å². The predicted octanol–water partition coefficient (Wildman–Crippen LogP) is 2.15. The van der Waals surface area contributed by atoms with Gasteiger partial charge in [0.05, 0.1) is 11.7 Å². The lowest BCUT2D eigenvalue weighted by atomic mass is 10.1. The zero-order valence-electron chi connectivity index (χ0n) is 7.73. The van der Waals surface area contributed by atoms with Crippen molar-refractivity contribution >= 4 is 11.0 Å². The molecule has 0 unspecified atom stereocenters. The summed E-state index contributed by atoms with van der Waals surface area (Å²) in [6, 6.07) is 3.91. The van der Waals surface area contributed by atoms with Crippen molar-refractivity contribution in [2.45, 2.75) is 19.8 Å². The minimum atomic E-state index is 0.485. The Morgan fingerprint density at radius 3 is 2.85 bits per heavy atom. The largest absolute Gasteiger partial charge is 0.254 e. The molecule has 0 aliphatic heterocycles. The molecule has 0 saturated carbocycles. The minimum Gasteiger partial charge on any atom is -0.254 e. The molecule has 2 rings (SSSR count). The van der Waals surface area contributed by atoms with Gasteiger partial charge in [0.15, 0.2) is 0 Å². The van der Waals surface area contributed by atoms with Crippen LogP contribution in [0.2, 0.25) is 0 Å². The zero-order chi connectivity index (χ0) is 9.26.